The van der Waals surface area contributed by atoms with Crippen LogP contribution in [0.15, 0.2) is 42.5 Å². The van der Waals surface area contributed by atoms with Crippen molar-refractivity contribution in [3.8, 4) is 11.5 Å². The zero-order chi connectivity index (χ0) is 20.8. The van der Waals surface area contributed by atoms with Crippen molar-refractivity contribution < 1.29 is 19.1 Å². The smallest absolute Gasteiger partial charge is 0.253 e. The van der Waals surface area contributed by atoms with Gasteiger partial charge in [-0.25, -0.2) is 0 Å². The molecular formula is C22H27N3O4. The molecule has 0 bridgehead atoms. The minimum atomic E-state index is -0.222. The number of hydrogen-bond donors (Lipinski definition) is 1. The lowest BCUT2D eigenvalue weighted by Crippen LogP contribution is -2.47. The Kier molecular flexibility index (Phi) is 6.72. The van der Waals surface area contributed by atoms with Gasteiger partial charge < -0.3 is 24.6 Å². The summed E-state index contributed by atoms with van der Waals surface area (Å²) in [6.45, 7) is 3.64. The Bertz CT molecular complexity index is 837. The van der Waals surface area contributed by atoms with E-state index in [-0.39, 0.29) is 11.8 Å². The SMILES string of the molecule is COc1cc(OC)cc(C(=O)NCc2ccc(C(=O)N3CCN(C)CC3)cc2)c1. The number of piperazine rings is 1. The summed E-state index contributed by atoms with van der Waals surface area (Å²) in [5.41, 5.74) is 2.05. The largest absolute Gasteiger partial charge is 0.497 e. The van der Waals surface area contributed by atoms with Crippen molar-refractivity contribution in [3.05, 3.63) is 59.2 Å². The molecule has 2 aromatic rings. The van der Waals surface area contributed by atoms with Crippen molar-refractivity contribution in [2.24, 2.45) is 0 Å². The number of ether oxygens (including phenoxy) is 2. The van der Waals surface area contributed by atoms with Crippen LogP contribution in [0.2, 0.25) is 0 Å². The maximum absolute atomic E-state index is 12.6. The average Bonchev–Trinajstić information content (AvgIpc) is 2.77. The number of amides is 2. The first kappa shape index (κ1) is 20.7. The lowest BCUT2D eigenvalue weighted by molar-refractivity contribution is 0.0664. The summed E-state index contributed by atoms with van der Waals surface area (Å²) in [7, 11) is 5.15. The monoisotopic (exact) mass is 397 g/mol. The van der Waals surface area contributed by atoms with Crippen LogP contribution in [-0.4, -0.2) is 69.1 Å². The van der Waals surface area contributed by atoms with E-state index in [9.17, 15) is 9.59 Å². The van der Waals surface area contributed by atoms with Crippen LogP contribution in [0, 0.1) is 0 Å². The fourth-order valence-electron chi connectivity index (χ4n) is 3.18. The molecule has 0 atom stereocenters. The van der Waals surface area contributed by atoms with Gasteiger partial charge in [-0.1, -0.05) is 12.1 Å². The molecule has 1 fully saturated rings. The zero-order valence-electron chi connectivity index (χ0n) is 17.1. The molecule has 7 heteroatoms. The summed E-state index contributed by atoms with van der Waals surface area (Å²) < 4.78 is 10.4. The van der Waals surface area contributed by atoms with Gasteiger partial charge in [-0.15, -0.1) is 0 Å². The van der Waals surface area contributed by atoms with E-state index in [1.54, 1.807) is 32.4 Å². The quantitative estimate of drug-likeness (QED) is 0.808. The molecule has 0 aromatic heterocycles. The molecule has 2 aromatic carbocycles. The van der Waals surface area contributed by atoms with Gasteiger partial charge in [0.1, 0.15) is 11.5 Å². The number of rotatable bonds is 6. The van der Waals surface area contributed by atoms with Gasteiger partial charge in [0.2, 0.25) is 0 Å². The van der Waals surface area contributed by atoms with Crippen LogP contribution in [0.25, 0.3) is 0 Å². The molecule has 3 rings (SSSR count). The van der Waals surface area contributed by atoms with Gasteiger partial charge in [-0.05, 0) is 36.9 Å². The van der Waals surface area contributed by atoms with Crippen molar-refractivity contribution in [3.63, 3.8) is 0 Å². The van der Waals surface area contributed by atoms with E-state index in [0.29, 0.717) is 29.2 Å². The van der Waals surface area contributed by atoms with Crippen molar-refractivity contribution in [2.75, 3.05) is 47.4 Å². The van der Waals surface area contributed by atoms with Crippen LogP contribution < -0.4 is 14.8 Å². The number of carbonyl (C=O) groups excluding carboxylic acids is 2. The lowest BCUT2D eigenvalue weighted by atomic mass is 10.1. The summed E-state index contributed by atoms with van der Waals surface area (Å²) in [5, 5.41) is 2.88. The van der Waals surface area contributed by atoms with Gasteiger partial charge in [0.05, 0.1) is 14.2 Å². The second-order valence-electron chi connectivity index (χ2n) is 7.08. The van der Waals surface area contributed by atoms with E-state index in [0.717, 1.165) is 31.7 Å². The Hall–Kier alpha value is -3.06. The van der Waals surface area contributed by atoms with Crippen LogP contribution in [-0.2, 0) is 6.54 Å². The molecule has 0 unspecified atom stereocenters. The zero-order valence-corrected chi connectivity index (χ0v) is 17.1. The lowest BCUT2D eigenvalue weighted by Gasteiger charge is -2.32. The van der Waals surface area contributed by atoms with E-state index in [1.165, 1.54) is 0 Å². The number of methoxy groups -OCH3 is 2. The second kappa shape index (κ2) is 9.43. The highest BCUT2D eigenvalue weighted by Crippen LogP contribution is 2.22. The van der Waals surface area contributed by atoms with Gasteiger partial charge in [0.25, 0.3) is 11.8 Å². The topological polar surface area (TPSA) is 71.1 Å². The third kappa shape index (κ3) is 5.26. The summed E-state index contributed by atoms with van der Waals surface area (Å²) in [6.07, 6.45) is 0. The summed E-state index contributed by atoms with van der Waals surface area (Å²) in [6, 6.07) is 12.4. The minimum Gasteiger partial charge on any atom is -0.497 e. The molecule has 1 aliphatic heterocycles. The first-order chi connectivity index (χ1) is 14.0. The predicted octanol–water partition coefficient (Wildman–Crippen LogP) is 2.02. The van der Waals surface area contributed by atoms with Crippen molar-refractivity contribution in [1.82, 2.24) is 15.1 Å². The van der Waals surface area contributed by atoms with E-state index >= 15 is 0 Å². The van der Waals surface area contributed by atoms with Crippen LogP contribution in [0.3, 0.4) is 0 Å². The Morgan fingerprint density at radius 3 is 2.03 bits per heavy atom. The highest BCUT2D eigenvalue weighted by Gasteiger charge is 2.20. The summed E-state index contributed by atoms with van der Waals surface area (Å²) in [5.74, 6) is 0.944. The van der Waals surface area contributed by atoms with Gasteiger partial charge in [-0.3, -0.25) is 9.59 Å². The van der Waals surface area contributed by atoms with Gasteiger partial charge in [-0.2, -0.15) is 0 Å². The third-order valence-corrected chi connectivity index (χ3v) is 5.06. The Morgan fingerprint density at radius 1 is 0.897 bits per heavy atom. The summed E-state index contributed by atoms with van der Waals surface area (Å²) in [4.78, 5) is 29.2. The van der Waals surface area contributed by atoms with Crippen molar-refractivity contribution in [1.29, 1.82) is 0 Å². The number of benzene rings is 2. The molecule has 1 heterocycles. The molecule has 7 nitrogen and oxygen atoms in total. The highest BCUT2D eigenvalue weighted by molar-refractivity contribution is 5.95. The molecule has 29 heavy (non-hydrogen) atoms. The first-order valence-corrected chi connectivity index (χ1v) is 9.58. The van der Waals surface area contributed by atoms with E-state index in [2.05, 4.69) is 17.3 Å². The van der Waals surface area contributed by atoms with Crippen molar-refractivity contribution in [2.45, 2.75) is 6.54 Å². The van der Waals surface area contributed by atoms with E-state index in [4.69, 9.17) is 9.47 Å². The Balaban J connectivity index is 1.59. The van der Waals surface area contributed by atoms with Crippen LogP contribution in [0.5, 0.6) is 11.5 Å². The Morgan fingerprint density at radius 2 is 1.48 bits per heavy atom. The number of carbonyl (C=O) groups is 2. The minimum absolute atomic E-state index is 0.0529. The molecule has 154 valence electrons. The molecule has 0 aliphatic carbocycles. The predicted molar refractivity (Wildman–Crippen MR) is 111 cm³/mol. The number of likely N-dealkylation sites (N-methyl/N-ethyl adjacent to an activating group) is 1. The molecule has 0 radical (unpaired) electrons. The van der Waals surface area contributed by atoms with Gasteiger partial charge in [0, 0.05) is 49.9 Å². The van der Waals surface area contributed by atoms with E-state index < -0.39 is 0 Å². The third-order valence-electron chi connectivity index (χ3n) is 5.06. The number of hydrogen-bond acceptors (Lipinski definition) is 5. The molecule has 1 saturated heterocycles. The van der Waals surface area contributed by atoms with Crippen LogP contribution in [0.1, 0.15) is 26.3 Å². The standard InChI is InChI=1S/C22H27N3O4/c1-24-8-10-25(11-9-24)22(27)17-6-4-16(5-7-17)15-23-21(26)18-12-19(28-2)14-20(13-18)29-3/h4-7,12-14H,8-11,15H2,1-3H3,(H,23,26). The molecular weight excluding hydrogens is 370 g/mol. The van der Waals surface area contributed by atoms with Gasteiger partial charge in [0.15, 0.2) is 0 Å². The number of nitrogens with zero attached hydrogens (tertiary/aromatic N) is 2. The molecule has 2 amide bonds. The molecule has 0 spiro atoms. The highest BCUT2D eigenvalue weighted by atomic mass is 16.5. The normalized spacial score (nSPS) is 14.4. The molecule has 1 N–H and O–H groups in total. The van der Waals surface area contributed by atoms with Crippen LogP contribution >= 0.6 is 0 Å². The summed E-state index contributed by atoms with van der Waals surface area (Å²) >= 11 is 0. The van der Waals surface area contributed by atoms with Crippen LogP contribution in [0.4, 0.5) is 0 Å². The van der Waals surface area contributed by atoms with Gasteiger partial charge >= 0.3 is 0 Å². The Labute approximate surface area is 171 Å². The fraction of sp³-hybridized carbons (Fsp3) is 0.364. The maximum atomic E-state index is 12.6. The molecule has 0 saturated carbocycles. The molecule has 1 aliphatic rings. The fourth-order valence-corrected chi connectivity index (χ4v) is 3.18. The second-order valence-corrected chi connectivity index (χ2v) is 7.08. The average molecular weight is 397 g/mol. The number of nitrogens with one attached hydrogen (secondary N) is 1. The first-order valence-electron chi connectivity index (χ1n) is 9.58. The van der Waals surface area contributed by atoms with E-state index in [1.807, 2.05) is 29.2 Å². The maximum Gasteiger partial charge on any atom is 0.253 e. The van der Waals surface area contributed by atoms with Crippen molar-refractivity contribution >= 4 is 11.8 Å².